The molecule has 0 saturated carbocycles. The van der Waals surface area contributed by atoms with Crippen LogP contribution in [-0.2, 0) is 0 Å². The molecule has 1 unspecified atom stereocenters. The summed E-state index contributed by atoms with van der Waals surface area (Å²) in [5.74, 6) is 0.557. The maximum atomic E-state index is 9.93. The maximum absolute atomic E-state index is 9.93. The lowest BCUT2D eigenvalue weighted by Gasteiger charge is -2.16. The van der Waals surface area contributed by atoms with Crippen LogP contribution < -0.4 is 4.74 Å². The summed E-state index contributed by atoms with van der Waals surface area (Å²) in [6.45, 7) is 3.82. The molecule has 0 aliphatic heterocycles. The third kappa shape index (κ3) is 2.55. The number of hydrogen-bond acceptors (Lipinski definition) is 3. The van der Waals surface area contributed by atoms with Crippen LogP contribution in [0.25, 0.3) is 0 Å². The van der Waals surface area contributed by atoms with Crippen molar-refractivity contribution < 1.29 is 14.9 Å². The van der Waals surface area contributed by atoms with E-state index in [0.29, 0.717) is 5.75 Å². The van der Waals surface area contributed by atoms with E-state index < -0.39 is 0 Å². The molecule has 0 aliphatic rings. The van der Waals surface area contributed by atoms with Crippen molar-refractivity contribution in [3.63, 3.8) is 0 Å². The van der Waals surface area contributed by atoms with E-state index in [1.54, 1.807) is 36.4 Å². The summed E-state index contributed by atoms with van der Waals surface area (Å²) >= 11 is 0. The summed E-state index contributed by atoms with van der Waals surface area (Å²) in [6, 6.07) is 12.2. The predicted molar refractivity (Wildman–Crippen MR) is 74.8 cm³/mol. The van der Waals surface area contributed by atoms with Crippen molar-refractivity contribution in [2.24, 2.45) is 0 Å². The number of phenols is 2. The largest absolute Gasteiger partial charge is 0.508 e. The minimum absolute atomic E-state index is 0.0892. The third-order valence-corrected chi connectivity index (χ3v) is 3.07. The zero-order chi connectivity index (χ0) is 13.8. The monoisotopic (exact) mass is 256 g/mol. The topological polar surface area (TPSA) is 49.7 Å². The Morgan fingerprint density at radius 1 is 1.11 bits per heavy atom. The normalized spacial score (nSPS) is 11.8. The van der Waals surface area contributed by atoms with Crippen LogP contribution in [0.4, 0.5) is 0 Å². The number of benzene rings is 2. The van der Waals surface area contributed by atoms with Gasteiger partial charge in [0.05, 0.1) is 7.11 Å². The molecule has 0 saturated heterocycles. The number of methoxy groups -OCH3 is 1. The molecule has 0 radical (unpaired) electrons. The number of ether oxygens (including phenoxy) is 1. The van der Waals surface area contributed by atoms with Crippen LogP contribution in [0.1, 0.15) is 17.0 Å². The minimum atomic E-state index is -0.157. The first-order valence-electron chi connectivity index (χ1n) is 5.94. The molecular formula is C16H16O3. The van der Waals surface area contributed by atoms with Crippen LogP contribution >= 0.6 is 0 Å². The van der Waals surface area contributed by atoms with Gasteiger partial charge in [-0.05, 0) is 23.8 Å². The summed E-state index contributed by atoms with van der Waals surface area (Å²) in [6.07, 6.45) is 1.75. The number of phenolic OH excluding ortho intramolecular Hbond substituents is 2. The van der Waals surface area contributed by atoms with E-state index in [-0.39, 0.29) is 17.4 Å². The van der Waals surface area contributed by atoms with E-state index in [4.69, 9.17) is 4.74 Å². The van der Waals surface area contributed by atoms with Gasteiger partial charge in [0.25, 0.3) is 0 Å². The second-order valence-electron chi connectivity index (χ2n) is 4.20. The summed E-state index contributed by atoms with van der Waals surface area (Å²) < 4.78 is 5.10. The Hall–Kier alpha value is -2.42. The summed E-state index contributed by atoms with van der Waals surface area (Å²) in [5.41, 5.74) is 1.66. The second-order valence-corrected chi connectivity index (χ2v) is 4.20. The van der Waals surface area contributed by atoms with Crippen molar-refractivity contribution in [1.29, 1.82) is 0 Å². The lowest BCUT2D eigenvalue weighted by Crippen LogP contribution is -1.98. The molecule has 2 aromatic rings. The van der Waals surface area contributed by atoms with Crippen LogP contribution in [0.2, 0.25) is 0 Å². The fourth-order valence-electron chi connectivity index (χ4n) is 2.08. The van der Waals surface area contributed by atoms with E-state index >= 15 is 0 Å². The van der Waals surface area contributed by atoms with Gasteiger partial charge in [0, 0.05) is 11.5 Å². The molecule has 0 aromatic heterocycles. The highest BCUT2D eigenvalue weighted by Crippen LogP contribution is 2.36. The van der Waals surface area contributed by atoms with Gasteiger partial charge in [-0.25, -0.2) is 0 Å². The highest BCUT2D eigenvalue weighted by atomic mass is 16.5. The quantitative estimate of drug-likeness (QED) is 0.824. The van der Waals surface area contributed by atoms with E-state index in [2.05, 4.69) is 6.58 Å². The molecule has 0 aliphatic carbocycles. The van der Waals surface area contributed by atoms with Crippen molar-refractivity contribution >= 4 is 0 Å². The van der Waals surface area contributed by atoms with E-state index in [1.165, 1.54) is 7.11 Å². The maximum Gasteiger partial charge on any atom is 0.160 e. The van der Waals surface area contributed by atoms with Crippen LogP contribution in [0.15, 0.2) is 55.1 Å². The highest BCUT2D eigenvalue weighted by Gasteiger charge is 2.15. The Balaban J connectivity index is 2.48. The van der Waals surface area contributed by atoms with E-state index in [9.17, 15) is 10.2 Å². The molecule has 0 amide bonds. The molecule has 0 bridgehead atoms. The molecule has 0 heterocycles. The van der Waals surface area contributed by atoms with Crippen LogP contribution in [0.5, 0.6) is 17.2 Å². The van der Waals surface area contributed by atoms with Gasteiger partial charge in [0.2, 0.25) is 0 Å². The van der Waals surface area contributed by atoms with Crippen molar-refractivity contribution in [3.8, 4) is 17.2 Å². The third-order valence-electron chi connectivity index (χ3n) is 3.07. The molecule has 19 heavy (non-hydrogen) atoms. The Bertz CT molecular complexity index is 590. The Labute approximate surface area is 112 Å². The number of hydrogen-bond donors (Lipinski definition) is 2. The zero-order valence-electron chi connectivity index (χ0n) is 10.7. The lowest BCUT2D eigenvalue weighted by molar-refractivity contribution is 0.373. The smallest absolute Gasteiger partial charge is 0.160 e. The molecule has 3 heteroatoms. The Kier molecular flexibility index (Phi) is 3.76. The first-order valence-corrected chi connectivity index (χ1v) is 5.94. The van der Waals surface area contributed by atoms with Crippen LogP contribution in [-0.4, -0.2) is 17.3 Å². The van der Waals surface area contributed by atoms with Crippen molar-refractivity contribution in [3.05, 3.63) is 66.2 Å². The predicted octanol–water partition coefficient (Wildman–Crippen LogP) is 3.42. The average Bonchev–Trinajstić information content (AvgIpc) is 2.43. The SMILES string of the molecule is C=CC(c1ccc(O)c(OC)c1)c1ccccc1O. The fourth-order valence-corrected chi connectivity index (χ4v) is 2.08. The number of aromatic hydroxyl groups is 2. The van der Waals surface area contributed by atoms with Gasteiger partial charge in [-0.15, -0.1) is 6.58 Å². The molecule has 0 spiro atoms. The van der Waals surface area contributed by atoms with Gasteiger partial charge >= 0.3 is 0 Å². The fraction of sp³-hybridized carbons (Fsp3) is 0.125. The molecule has 2 N–H and O–H groups in total. The molecule has 0 fully saturated rings. The van der Waals surface area contributed by atoms with Crippen LogP contribution in [0.3, 0.4) is 0 Å². The first kappa shape index (κ1) is 13.0. The zero-order valence-corrected chi connectivity index (χ0v) is 10.7. The van der Waals surface area contributed by atoms with Crippen molar-refractivity contribution in [1.82, 2.24) is 0 Å². The van der Waals surface area contributed by atoms with Crippen molar-refractivity contribution in [2.75, 3.05) is 7.11 Å². The summed E-state index contributed by atoms with van der Waals surface area (Å²) in [5, 5.41) is 19.5. The summed E-state index contributed by atoms with van der Waals surface area (Å²) in [7, 11) is 1.50. The van der Waals surface area contributed by atoms with Gasteiger partial charge in [-0.1, -0.05) is 30.3 Å². The van der Waals surface area contributed by atoms with Gasteiger partial charge < -0.3 is 14.9 Å². The molecule has 98 valence electrons. The van der Waals surface area contributed by atoms with Crippen LogP contribution in [0, 0.1) is 0 Å². The standard InChI is InChI=1S/C16H16O3/c1-3-12(13-6-4-5-7-14(13)17)11-8-9-15(18)16(10-11)19-2/h3-10,12,17-18H,1H2,2H3. The number of allylic oxidation sites excluding steroid dienone is 1. The Morgan fingerprint density at radius 3 is 2.47 bits per heavy atom. The van der Waals surface area contributed by atoms with Gasteiger partial charge in [0.1, 0.15) is 5.75 Å². The minimum Gasteiger partial charge on any atom is -0.508 e. The highest BCUT2D eigenvalue weighted by molar-refractivity contribution is 5.49. The lowest BCUT2D eigenvalue weighted by atomic mass is 9.90. The van der Waals surface area contributed by atoms with Gasteiger partial charge in [-0.3, -0.25) is 0 Å². The molecular weight excluding hydrogens is 240 g/mol. The second kappa shape index (κ2) is 5.48. The van der Waals surface area contributed by atoms with E-state index in [1.807, 2.05) is 12.1 Å². The van der Waals surface area contributed by atoms with Gasteiger partial charge in [0.15, 0.2) is 11.5 Å². The van der Waals surface area contributed by atoms with E-state index in [0.717, 1.165) is 11.1 Å². The molecule has 3 nitrogen and oxygen atoms in total. The number of para-hydroxylation sites is 1. The van der Waals surface area contributed by atoms with Crippen molar-refractivity contribution in [2.45, 2.75) is 5.92 Å². The summed E-state index contributed by atoms with van der Waals surface area (Å²) in [4.78, 5) is 0. The number of rotatable bonds is 4. The average molecular weight is 256 g/mol. The van der Waals surface area contributed by atoms with Gasteiger partial charge in [-0.2, -0.15) is 0 Å². The molecule has 2 rings (SSSR count). The molecule has 2 aromatic carbocycles. The Morgan fingerprint density at radius 2 is 1.84 bits per heavy atom. The first-order chi connectivity index (χ1) is 9.17. The molecule has 1 atom stereocenters.